The molecule has 4 aromatic rings. The minimum Gasteiger partial charge on any atom is -0.354 e. The van der Waals surface area contributed by atoms with E-state index in [0.29, 0.717) is 36.9 Å². The maximum atomic E-state index is 13.2. The number of anilines is 1. The van der Waals surface area contributed by atoms with Gasteiger partial charge in [0, 0.05) is 38.4 Å². The lowest BCUT2D eigenvalue weighted by Crippen LogP contribution is -2.48. The predicted molar refractivity (Wildman–Crippen MR) is 127 cm³/mol. The number of sulfonamides is 1. The van der Waals surface area contributed by atoms with E-state index in [2.05, 4.69) is 20.0 Å². The first kappa shape index (κ1) is 21.3. The summed E-state index contributed by atoms with van der Waals surface area (Å²) in [5.74, 6) is 1.44. The maximum absolute atomic E-state index is 13.2. The Morgan fingerprint density at radius 1 is 0.788 bits per heavy atom. The smallest absolute Gasteiger partial charge is 0.243 e. The van der Waals surface area contributed by atoms with E-state index >= 15 is 0 Å². The van der Waals surface area contributed by atoms with Crippen molar-refractivity contribution in [3.63, 3.8) is 0 Å². The largest absolute Gasteiger partial charge is 0.354 e. The van der Waals surface area contributed by atoms with Gasteiger partial charge in [0.25, 0.3) is 0 Å². The Morgan fingerprint density at radius 3 is 2.12 bits per heavy atom. The van der Waals surface area contributed by atoms with Crippen molar-refractivity contribution in [2.45, 2.75) is 11.8 Å². The lowest BCUT2D eigenvalue weighted by molar-refractivity contribution is 0.383. The topological polar surface area (TPSA) is 84.2 Å². The standard InChI is InChI=1S/C24H24N6O2S/c1-19-11-12-30(27-19)24-17-23(25-18-26-24)28-13-15-29(16-14-28)33(31,32)22-9-7-21(8-10-22)20-5-3-2-4-6-20/h2-12,17-18H,13-16H2,1H3. The molecule has 5 rings (SSSR count). The molecule has 2 aromatic carbocycles. The number of aryl methyl sites for hydroxylation is 1. The van der Waals surface area contributed by atoms with Crippen LogP contribution in [0.2, 0.25) is 0 Å². The molecule has 1 saturated heterocycles. The average molecular weight is 461 g/mol. The zero-order chi connectivity index (χ0) is 22.8. The van der Waals surface area contributed by atoms with Gasteiger partial charge >= 0.3 is 0 Å². The first-order chi connectivity index (χ1) is 16.0. The van der Waals surface area contributed by atoms with Crippen molar-refractivity contribution in [3.05, 3.63) is 84.9 Å². The van der Waals surface area contributed by atoms with Gasteiger partial charge < -0.3 is 4.90 Å². The van der Waals surface area contributed by atoms with Crippen molar-refractivity contribution in [2.75, 3.05) is 31.1 Å². The molecule has 9 heteroatoms. The third kappa shape index (κ3) is 4.37. The summed E-state index contributed by atoms with van der Waals surface area (Å²) in [5.41, 5.74) is 2.96. The van der Waals surface area contributed by atoms with E-state index in [1.54, 1.807) is 21.1 Å². The van der Waals surface area contributed by atoms with Crippen LogP contribution in [0.15, 0.2) is 84.1 Å². The Morgan fingerprint density at radius 2 is 1.45 bits per heavy atom. The van der Waals surface area contributed by atoms with Crippen molar-refractivity contribution < 1.29 is 8.42 Å². The summed E-state index contributed by atoms with van der Waals surface area (Å²) in [5, 5.41) is 4.39. The minimum absolute atomic E-state index is 0.314. The first-order valence-electron chi connectivity index (χ1n) is 10.8. The molecule has 8 nitrogen and oxygen atoms in total. The molecule has 0 N–H and O–H groups in total. The monoisotopic (exact) mass is 460 g/mol. The highest BCUT2D eigenvalue weighted by Gasteiger charge is 2.29. The number of rotatable bonds is 5. The van der Waals surface area contributed by atoms with Gasteiger partial charge in [-0.2, -0.15) is 9.40 Å². The Labute approximate surface area is 193 Å². The Bertz CT molecular complexity index is 1350. The molecule has 0 spiro atoms. The molecule has 0 aliphatic carbocycles. The summed E-state index contributed by atoms with van der Waals surface area (Å²) in [4.78, 5) is 11.1. The lowest BCUT2D eigenvalue weighted by Gasteiger charge is -2.34. The number of aromatic nitrogens is 4. The number of nitrogens with zero attached hydrogens (tertiary/aromatic N) is 6. The van der Waals surface area contributed by atoms with Crippen molar-refractivity contribution in [3.8, 4) is 16.9 Å². The molecule has 1 fully saturated rings. The van der Waals surface area contributed by atoms with Gasteiger partial charge in [-0.05, 0) is 36.2 Å². The van der Waals surface area contributed by atoms with Gasteiger partial charge in [0.15, 0.2) is 5.82 Å². The van der Waals surface area contributed by atoms with Crippen LogP contribution in [0.1, 0.15) is 5.69 Å². The quantitative estimate of drug-likeness (QED) is 0.455. The number of piperazine rings is 1. The van der Waals surface area contributed by atoms with Crippen LogP contribution in [-0.2, 0) is 10.0 Å². The predicted octanol–water partition coefficient (Wildman–Crippen LogP) is 3.15. The molecular weight excluding hydrogens is 436 g/mol. The highest BCUT2D eigenvalue weighted by molar-refractivity contribution is 7.89. The van der Waals surface area contributed by atoms with Crippen LogP contribution >= 0.6 is 0 Å². The van der Waals surface area contributed by atoms with Gasteiger partial charge in [0.05, 0.1) is 10.6 Å². The third-order valence-electron chi connectivity index (χ3n) is 5.76. The minimum atomic E-state index is -3.56. The Hall–Kier alpha value is -3.56. The summed E-state index contributed by atoms with van der Waals surface area (Å²) in [6.45, 7) is 3.81. The molecule has 0 atom stereocenters. The average Bonchev–Trinajstić information content (AvgIpc) is 3.31. The van der Waals surface area contributed by atoms with Crippen LogP contribution in [-0.4, -0.2) is 58.7 Å². The van der Waals surface area contributed by atoms with E-state index in [1.165, 1.54) is 6.33 Å². The highest BCUT2D eigenvalue weighted by atomic mass is 32.2. The molecule has 2 aromatic heterocycles. The van der Waals surface area contributed by atoms with Crippen molar-refractivity contribution >= 4 is 15.8 Å². The second-order valence-electron chi connectivity index (χ2n) is 7.92. The molecule has 0 bridgehead atoms. The van der Waals surface area contributed by atoms with Gasteiger partial charge in [0.1, 0.15) is 12.1 Å². The van der Waals surface area contributed by atoms with Gasteiger partial charge in [-0.15, -0.1) is 0 Å². The summed E-state index contributed by atoms with van der Waals surface area (Å²) in [6, 6.07) is 20.8. The highest BCUT2D eigenvalue weighted by Crippen LogP contribution is 2.24. The van der Waals surface area contributed by atoms with Gasteiger partial charge in [-0.1, -0.05) is 42.5 Å². The molecule has 0 amide bonds. The number of hydrogen-bond acceptors (Lipinski definition) is 6. The first-order valence-corrected chi connectivity index (χ1v) is 12.2. The number of benzene rings is 2. The van der Waals surface area contributed by atoms with Crippen molar-refractivity contribution in [1.82, 2.24) is 24.1 Å². The van der Waals surface area contributed by atoms with E-state index in [4.69, 9.17) is 0 Å². The fourth-order valence-corrected chi connectivity index (χ4v) is 5.36. The van der Waals surface area contributed by atoms with Crippen LogP contribution in [0, 0.1) is 6.92 Å². The Balaban J connectivity index is 1.28. The van der Waals surface area contributed by atoms with E-state index in [1.807, 2.05) is 67.7 Å². The summed E-state index contributed by atoms with van der Waals surface area (Å²) in [7, 11) is -3.56. The fraction of sp³-hybridized carbons (Fsp3) is 0.208. The SMILES string of the molecule is Cc1ccn(-c2cc(N3CCN(S(=O)(=O)c4ccc(-c5ccccc5)cc4)CC3)ncn2)n1. The van der Waals surface area contributed by atoms with Crippen molar-refractivity contribution in [2.24, 2.45) is 0 Å². The summed E-state index contributed by atoms with van der Waals surface area (Å²) in [6.07, 6.45) is 3.37. The molecule has 1 aliphatic rings. The second kappa shape index (κ2) is 8.76. The molecule has 0 radical (unpaired) electrons. The van der Waals surface area contributed by atoms with Crippen LogP contribution < -0.4 is 4.90 Å². The van der Waals surface area contributed by atoms with Gasteiger partial charge in [0.2, 0.25) is 10.0 Å². The second-order valence-corrected chi connectivity index (χ2v) is 9.86. The van der Waals surface area contributed by atoms with E-state index in [-0.39, 0.29) is 0 Å². The summed E-state index contributed by atoms with van der Waals surface area (Å²) >= 11 is 0. The number of hydrogen-bond donors (Lipinski definition) is 0. The molecule has 0 saturated carbocycles. The third-order valence-corrected chi connectivity index (χ3v) is 7.67. The van der Waals surface area contributed by atoms with E-state index in [9.17, 15) is 8.42 Å². The fourth-order valence-electron chi connectivity index (χ4n) is 3.93. The molecule has 3 heterocycles. The van der Waals surface area contributed by atoms with Crippen LogP contribution in [0.4, 0.5) is 5.82 Å². The Kier molecular flexibility index (Phi) is 5.65. The molecular formula is C24H24N6O2S. The lowest BCUT2D eigenvalue weighted by atomic mass is 10.1. The van der Waals surface area contributed by atoms with Gasteiger partial charge in [-0.3, -0.25) is 0 Å². The van der Waals surface area contributed by atoms with E-state index < -0.39 is 10.0 Å². The normalized spacial score (nSPS) is 15.0. The van der Waals surface area contributed by atoms with Crippen LogP contribution in [0.3, 0.4) is 0 Å². The zero-order valence-electron chi connectivity index (χ0n) is 18.2. The molecule has 1 aliphatic heterocycles. The van der Waals surface area contributed by atoms with Crippen molar-refractivity contribution in [1.29, 1.82) is 0 Å². The van der Waals surface area contributed by atoms with E-state index in [0.717, 1.165) is 22.6 Å². The summed E-state index contributed by atoms with van der Waals surface area (Å²) < 4.78 is 29.6. The molecule has 168 valence electrons. The molecule has 0 unspecified atom stereocenters. The van der Waals surface area contributed by atoms with Crippen LogP contribution in [0.25, 0.3) is 16.9 Å². The maximum Gasteiger partial charge on any atom is 0.243 e. The van der Waals surface area contributed by atoms with Gasteiger partial charge in [-0.25, -0.2) is 23.1 Å². The zero-order valence-corrected chi connectivity index (χ0v) is 19.1. The molecule has 33 heavy (non-hydrogen) atoms. The van der Waals surface area contributed by atoms with Crippen LogP contribution in [0.5, 0.6) is 0 Å².